The van der Waals surface area contributed by atoms with Crippen LogP contribution in [0.15, 0.2) is 42.5 Å². The standard InChI is InChI=1S/C19H23ClN2O3/c1-14-11-17(18(24-3)12-16(14)20)21-19(23)13-22(2)9-10-25-15-7-5-4-6-8-15/h4-8,11-12H,9-10,13H2,1-3H3,(H,21,23). The van der Waals surface area contributed by atoms with Crippen LogP contribution in [0.3, 0.4) is 0 Å². The van der Waals surface area contributed by atoms with Crippen molar-refractivity contribution >= 4 is 23.2 Å². The van der Waals surface area contributed by atoms with Crippen LogP contribution >= 0.6 is 11.6 Å². The quantitative estimate of drug-likeness (QED) is 0.779. The number of likely N-dealkylation sites (N-methyl/N-ethyl adjacent to an activating group) is 1. The summed E-state index contributed by atoms with van der Waals surface area (Å²) in [6.07, 6.45) is 0. The van der Waals surface area contributed by atoms with Gasteiger partial charge in [-0.05, 0) is 37.7 Å². The summed E-state index contributed by atoms with van der Waals surface area (Å²) in [4.78, 5) is 14.1. The van der Waals surface area contributed by atoms with Crippen molar-refractivity contribution in [2.75, 3.05) is 39.2 Å². The summed E-state index contributed by atoms with van der Waals surface area (Å²) in [6.45, 7) is 3.28. The van der Waals surface area contributed by atoms with E-state index in [9.17, 15) is 4.79 Å². The molecule has 1 N–H and O–H groups in total. The Morgan fingerprint density at radius 1 is 1.24 bits per heavy atom. The number of rotatable bonds is 8. The van der Waals surface area contributed by atoms with Crippen LogP contribution in [0, 0.1) is 6.92 Å². The fourth-order valence-corrected chi connectivity index (χ4v) is 2.43. The highest BCUT2D eigenvalue weighted by molar-refractivity contribution is 6.31. The SMILES string of the molecule is COc1cc(Cl)c(C)cc1NC(=O)CN(C)CCOc1ccccc1. The number of methoxy groups -OCH3 is 1. The Labute approximate surface area is 153 Å². The second-order valence-electron chi connectivity index (χ2n) is 5.75. The average Bonchev–Trinajstić information content (AvgIpc) is 2.58. The number of hydrogen-bond donors (Lipinski definition) is 1. The number of amides is 1. The summed E-state index contributed by atoms with van der Waals surface area (Å²) in [6, 6.07) is 13.1. The number of nitrogens with zero attached hydrogens (tertiary/aromatic N) is 1. The molecule has 0 bridgehead atoms. The Bertz CT molecular complexity index is 707. The number of halogens is 1. The number of anilines is 1. The average molecular weight is 363 g/mol. The first-order chi connectivity index (χ1) is 12.0. The summed E-state index contributed by atoms with van der Waals surface area (Å²) in [5.74, 6) is 1.24. The van der Waals surface area contributed by atoms with Crippen LogP contribution in [-0.4, -0.2) is 44.7 Å². The van der Waals surface area contributed by atoms with Crippen molar-refractivity contribution in [3.8, 4) is 11.5 Å². The number of carbonyl (C=O) groups is 1. The molecule has 0 radical (unpaired) electrons. The van der Waals surface area contributed by atoms with E-state index < -0.39 is 0 Å². The van der Waals surface area contributed by atoms with Gasteiger partial charge in [-0.3, -0.25) is 9.69 Å². The van der Waals surface area contributed by atoms with Gasteiger partial charge in [0, 0.05) is 17.6 Å². The molecular weight excluding hydrogens is 340 g/mol. The molecule has 134 valence electrons. The van der Waals surface area contributed by atoms with Crippen molar-refractivity contribution < 1.29 is 14.3 Å². The maximum atomic E-state index is 12.2. The lowest BCUT2D eigenvalue weighted by Gasteiger charge is -2.18. The van der Waals surface area contributed by atoms with Crippen LogP contribution in [0.25, 0.3) is 0 Å². The number of benzene rings is 2. The van der Waals surface area contributed by atoms with Crippen LogP contribution in [0.2, 0.25) is 5.02 Å². The van der Waals surface area contributed by atoms with Crippen molar-refractivity contribution in [3.63, 3.8) is 0 Å². The normalized spacial score (nSPS) is 10.6. The van der Waals surface area contributed by atoms with Crippen LogP contribution in [0.1, 0.15) is 5.56 Å². The minimum absolute atomic E-state index is 0.123. The fraction of sp³-hybridized carbons (Fsp3) is 0.316. The number of ether oxygens (including phenoxy) is 2. The van der Waals surface area contributed by atoms with E-state index in [-0.39, 0.29) is 12.5 Å². The van der Waals surface area contributed by atoms with Gasteiger partial charge in [-0.1, -0.05) is 29.8 Å². The Balaban J connectivity index is 1.82. The van der Waals surface area contributed by atoms with E-state index in [0.29, 0.717) is 29.6 Å². The van der Waals surface area contributed by atoms with Crippen LogP contribution < -0.4 is 14.8 Å². The lowest BCUT2D eigenvalue weighted by molar-refractivity contribution is -0.117. The number of carbonyl (C=O) groups excluding carboxylic acids is 1. The molecule has 25 heavy (non-hydrogen) atoms. The van der Waals surface area contributed by atoms with Gasteiger partial charge >= 0.3 is 0 Å². The number of aryl methyl sites for hydroxylation is 1. The van der Waals surface area contributed by atoms with E-state index in [1.165, 1.54) is 0 Å². The van der Waals surface area contributed by atoms with Gasteiger partial charge in [-0.15, -0.1) is 0 Å². The predicted molar refractivity (Wildman–Crippen MR) is 101 cm³/mol. The summed E-state index contributed by atoms with van der Waals surface area (Å²) >= 11 is 6.08. The van der Waals surface area contributed by atoms with Crippen molar-refractivity contribution in [2.45, 2.75) is 6.92 Å². The molecular formula is C19H23ClN2O3. The maximum absolute atomic E-state index is 12.2. The molecule has 0 aromatic heterocycles. The number of hydrogen-bond acceptors (Lipinski definition) is 4. The highest BCUT2D eigenvalue weighted by Crippen LogP contribution is 2.30. The molecule has 0 heterocycles. The zero-order chi connectivity index (χ0) is 18.2. The minimum Gasteiger partial charge on any atom is -0.495 e. The second kappa shape index (κ2) is 9.30. The lowest BCUT2D eigenvalue weighted by atomic mass is 10.2. The van der Waals surface area contributed by atoms with Gasteiger partial charge in [0.15, 0.2) is 0 Å². The molecule has 0 aliphatic carbocycles. The highest BCUT2D eigenvalue weighted by Gasteiger charge is 2.12. The zero-order valence-corrected chi connectivity index (χ0v) is 15.5. The first-order valence-corrected chi connectivity index (χ1v) is 8.37. The van der Waals surface area contributed by atoms with Crippen LogP contribution in [0.5, 0.6) is 11.5 Å². The Morgan fingerprint density at radius 2 is 1.96 bits per heavy atom. The molecule has 0 aliphatic rings. The molecule has 0 fully saturated rings. The monoisotopic (exact) mass is 362 g/mol. The summed E-state index contributed by atoms with van der Waals surface area (Å²) in [7, 11) is 3.42. The number of nitrogens with one attached hydrogen (secondary N) is 1. The third-order valence-corrected chi connectivity index (χ3v) is 4.06. The van der Waals surface area contributed by atoms with Gasteiger partial charge in [0.25, 0.3) is 0 Å². The molecule has 0 saturated heterocycles. The molecule has 1 amide bonds. The molecule has 2 aromatic rings. The maximum Gasteiger partial charge on any atom is 0.238 e. The van der Waals surface area contributed by atoms with E-state index in [4.69, 9.17) is 21.1 Å². The molecule has 2 rings (SSSR count). The van der Waals surface area contributed by atoms with E-state index in [2.05, 4.69) is 5.32 Å². The summed E-state index contributed by atoms with van der Waals surface area (Å²) < 4.78 is 10.9. The summed E-state index contributed by atoms with van der Waals surface area (Å²) in [5.41, 5.74) is 1.49. The highest BCUT2D eigenvalue weighted by atomic mass is 35.5. The van der Waals surface area contributed by atoms with Crippen LogP contribution in [-0.2, 0) is 4.79 Å². The molecule has 2 aromatic carbocycles. The van der Waals surface area contributed by atoms with Gasteiger partial charge < -0.3 is 14.8 Å². The molecule has 0 spiro atoms. The molecule has 0 saturated carbocycles. The lowest BCUT2D eigenvalue weighted by Crippen LogP contribution is -2.33. The first-order valence-electron chi connectivity index (χ1n) is 8.00. The van der Waals surface area contributed by atoms with Gasteiger partial charge in [-0.25, -0.2) is 0 Å². The van der Waals surface area contributed by atoms with Crippen molar-refractivity contribution in [2.24, 2.45) is 0 Å². The summed E-state index contributed by atoms with van der Waals surface area (Å²) in [5, 5.41) is 3.47. The van der Waals surface area contributed by atoms with E-state index in [1.54, 1.807) is 19.2 Å². The zero-order valence-electron chi connectivity index (χ0n) is 14.7. The van der Waals surface area contributed by atoms with Gasteiger partial charge in [-0.2, -0.15) is 0 Å². The van der Waals surface area contributed by atoms with E-state index in [0.717, 1.165) is 11.3 Å². The second-order valence-corrected chi connectivity index (χ2v) is 6.16. The third-order valence-electron chi connectivity index (χ3n) is 3.65. The number of para-hydroxylation sites is 1. The topological polar surface area (TPSA) is 50.8 Å². The van der Waals surface area contributed by atoms with Crippen molar-refractivity contribution in [3.05, 3.63) is 53.1 Å². The minimum atomic E-state index is -0.123. The van der Waals surface area contributed by atoms with Crippen molar-refractivity contribution in [1.82, 2.24) is 4.90 Å². The van der Waals surface area contributed by atoms with Crippen molar-refractivity contribution in [1.29, 1.82) is 0 Å². The Morgan fingerprint density at radius 3 is 2.64 bits per heavy atom. The Hall–Kier alpha value is -2.24. The Kier molecular flexibility index (Phi) is 7.10. The molecule has 0 atom stereocenters. The van der Waals surface area contributed by atoms with Crippen LogP contribution in [0.4, 0.5) is 5.69 Å². The van der Waals surface area contributed by atoms with E-state index >= 15 is 0 Å². The van der Waals surface area contributed by atoms with Gasteiger partial charge in [0.2, 0.25) is 5.91 Å². The smallest absolute Gasteiger partial charge is 0.238 e. The molecule has 0 unspecified atom stereocenters. The molecule has 6 heteroatoms. The molecule has 0 aliphatic heterocycles. The van der Waals surface area contributed by atoms with Gasteiger partial charge in [0.1, 0.15) is 18.1 Å². The predicted octanol–water partition coefficient (Wildman–Crippen LogP) is 3.61. The third kappa shape index (κ3) is 5.96. The largest absolute Gasteiger partial charge is 0.495 e. The van der Waals surface area contributed by atoms with E-state index in [1.807, 2.05) is 49.2 Å². The van der Waals surface area contributed by atoms with Gasteiger partial charge in [0.05, 0.1) is 19.3 Å². The first kappa shape index (κ1) is 19.1. The fourth-order valence-electron chi connectivity index (χ4n) is 2.28. The molecule has 5 nitrogen and oxygen atoms in total.